The second kappa shape index (κ2) is 6.56. The van der Waals surface area contributed by atoms with Crippen LogP contribution in [0.2, 0.25) is 0 Å². The summed E-state index contributed by atoms with van der Waals surface area (Å²) in [5, 5.41) is 4.24. The van der Waals surface area contributed by atoms with Gasteiger partial charge in [-0.15, -0.1) is 0 Å². The molecule has 1 heterocycles. The van der Waals surface area contributed by atoms with Gasteiger partial charge < -0.3 is 10.1 Å². The van der Waals surface area contributed by atoms with Crippen LogP contribution in [-0.2, 0) is 12.5 Å². The summed E-state index contributed by atoms with van der Waals surface area (Å²) in [6.45, 7) is 0.483. The highest BCUT2D eigenvalue weighted by atomic mass is 19.3. The molecule has 2 aromatic carbocycles. The Morgan fingerprint density at radius 1 is 1.12 bits per heavy atom. The van der Waals surface area contributed by atoms with E-state index in [1.54, 1.807) is 19.2 Å². The number of hydrogen-bond acceptors (Lipinski definition) is 3. The van der Waals surface area contributed by atoms with E-state index >= 15 is 0 Å². The van der Waals surface area contributed by atoms with E-state index in [1.807, 2.05) is 30.3 Å². The number of nitrogens with zero attached hydrogens (tertiary/aromatic N) is 1. The molecule has 1 aliphatic rings. The van der Waals surface area contributed by atoms with Crippen molar-refractivity contribution in [3.63, 3.8) is 0 Å². The minimum absolute atomic E-state index is 0.102. The van der Waals surface area contributed by atoms with Gasteiger partial charge in [0.2, 0.25) is 0 Å². The number of anilines is 1. The van der Waals surface area contributed by atoms with Crippen molar-refractivity contribution in [1.82, 2.24) is 4.98 Å². The summed E-state index contributed by atoms with van der Waals surface area (Å²) in [5.41, 5.74) is 1.89. The number of benzene rings is 2. The SMILES string of the molecule is COc1cc2ccccc2nc1NCc1ccc(C(F)(F)C2CC2)cc1. The van der Waals surface area contributed by atoms with Crippen LogP contribution in [0.3, 0.4) is 0 Å². The molecule has 0 aliphatic heterocycles. The molecular weight excluding hydrogens is 334 g/mol. The fourth-order valence-electron chi connectivity index (χ4n) is 3.09. The van der Waals surface area contributed by atoms with Gasteiger partial charge in [-0.25, -0.2) is 13.8 Å². The zero-order valence-electron chi connectivity index (χ0n) is 14.5. The Hall–Kier alpha value is -2.69. The first-order chi connectivity index (χ1) is 12.6. The third-order valence-electron chi connectivity index (χ3n) is 4.80. The Morgan fingerprint density at radius 3 is 2.54 bits per heavy atom. The van der Waals surface area contributed by atoms with E-state index in [0.717, 1.165) is 16.5 Å². The molecule has 1 N–H and O–H groups in total. The molecule has 4 rings (SSSR count). The quantitative estimate of drug-likeness (QED) is 0.647. The molecule has 1 aromatic heterocycles. The summed E-state index contributed by atoms with van der Waals surface area (Å²) in [6, 6.07) is 16.3. The molecule has 0 unspecified atom stereocenters. The summed E-state index contributed by atoms with van der Waals surface area (Å²) in [7, 11) is 1.60. The third kappa shape index (κ3) is 3.21. The highest BCUT2D eigenvalue weighted by Crippen LogP contribution is 2.49. The van der Waals surface area contributed by atoms with E-state index in [9.17, 15) is 8.78 Å². The average Bonchev–Trinajstić information content (AvgIpc) is 3.51. The number of para-hydroxylation sites is 1. The number of pyridine rings is 1. The molecule has 5 heteroatoms. The van der Waals surface area contributed by atoms with E-state index in [-0.39, 0.29) is 5.56 Å². The monoisotopic (exact) mass is 354 g/mol. The molecule has 0 bridgehead atoms. The maximum Gasteiger partial charge on any atom is 0.276 e. The summed E-state index contributed by atoms with van der Waals surface area (Å²) >= 11 is 0. The van der Waals surface area contributed by atoms with E-state index in [4.69, 9.17) is 4.74 Å². The standard InChI is InChI=1S/C21H20F2N2O/c1-26-19-12-15-4-2-3-5-18(15)25-20(19)24-13-14-6-8-16(9-7-14)21(22,23)17-10-11-17/h2-9,12,17H,10-11,13H2,1H3,(H,24,25). The van der Waals surface area contributed by atoms with Crippen molar-refractivity contribution in [1.29, 1.82) is 0 Å². The molecule has 0 saturated heterocycles. The van der Waals surface area contributed by atoms with Crippen LogP contribution in [0.4, 0.5) is 14.6 Å². The van der Waals surface area contributed by atoms with Gasteiger partial charge in [0.25, 0.3) is 5.92 Å². The number of ether oxygens (including phenoxy) is 1. The van der Waals surface area contributed by atoms with Crippen LogP contribution in [0.5, 0.6) is 5.75 Å². The zero-order chi connectivity index (χ0) is 18.1. The van der Waals surface area contributed by atoms with Crippen molar-refractivity contribution in [3.05, 3.63) is 65.7 Å². The Balaban J connectivity index is 1.51. The fraction of sp³-hybridized carbons (Fsp3) is 0.286. The van der Waals surface area contributed by atoms with Crippen molar-refractivity contribution < 1.29 is 13.5 Å². The van der Waals surface area contributed by atoms with E-state index in [0.29, 0.717) is 31.0 Å². The van der Waals surface area contributed by atoms with Gasteiger partial charge in [0.05, 0.1) is 12.6 Å². The second-order valence-electron chi connectivity index (χ2n) is 6.68. The number of alkyl halides is 2. The molecule has 0 spiro atoms. The Bertz CT molecular complexity index is 921. The Kier molecular flexibility index (Phi) is 4.23. The van der Waals surface area contributed by atoms with Crippen molar-refractivity contribution in [3.8, 4) is 5.75 Å². The van der Waals surface area contributed by atoms with Crippen molar-refractivity contribution in [2.75, 3.05) is 12.4 Å². The molecule has 1 fully saturated rings. The third-order valence-corrected chi connectivity index (χ3v) is 4.80. The molecule has 3 aromatic rings. The maximum atomic E-state index is 14.1. The molecule has 0 amide bonds. The van der Waals surface area contributed by atoms with Crippen LogP contribution in [0.1, 0.15) is 24.0 Å². The molecule has 0 atom stereocenters. The summed E-state index contributed by atoms with van der Waals surface area (Å²) in [4.78, 5) is 4.59. The predicted molar refractivity (Wildman–Crippen MR) is 98.7 cm³/mol. The first-order valence-electron chi connectivity index (χ1n) is 8.73. The number of aromatic nitrogens is 1. The molecule has 1 aliphatic carbocycles. The lowest BCUT2D eigenvalue weighted by molar-refractivity contribution is -0.0285. The van der Waals surface area contributed by atoms with E-state index in [2.05, 4.69) is 10.3 Å². The molecule has 1 saturated carbocycles. The number of halogens is 2. The minimum Gasteiger partial charge on any atom is -0.493 e. The van der Waals surface area contributed by atoms with E-state index in [1.165, 1.54) is 12.1 Å². The van der Waals surface area contributed by atoms with Crippen molar-refractivity contribution in [2.24, 2.45) is 5.92 Å². The maximum absolute atomic E-state index is 14.1. The smallest absolute Gasteiger partial charge is 0.276 e. The Labute approximate surface area is 151 Å². The average molecular weight is 354 g/mol. The number of methoxy groups -OCH3 is 1. The van der Waals surface area contributed by atoms with Crippen LogP contribution < -0.4 is 10.1 Å². The van der Waals surface area contributed by atoms with Crippen molar-refractivity contribution in [2.45, 2.75) is 25.3 Å². The summed E-state index contributed by atoms with van der Waals surface area (Å²) in [6.07, 6.45) is 1.23. The molecule has 134 valence electrons. The van der Waals surface area contributed by atoms with Crippen LogP contribution in [0, 0.1) is 5.92 Å². The lowest BCUT2D eigenvalue weighted by Gasteiger charge is -2.16. The number of fused-ring (bicyclic) bond motifs is 1. The first kappa shape index (κ1) is 16.8. The largest absolute Gasteiger partial charge is 0.493 e. The number of hydrogen-bond donors (Lipinski definition) is 1. The van der Waals surface area contributed by atoms with Gasteiger partial charge >= 0.3 is 0 Å². The summed E-state index contributed by atoms with van der Waals surface area (Å²) < 4.78 is 33.7. The Morgan fingerprint density at radius 2 is 1.85 bits per heavy atom. The highest BCUT2D eigenvalue weighted by Gasteiger charge is 2.47. The van der Waals surface area contributed by atoms with Gasteiger partial charge in [-0.2, -0.15) is 0 Å². The van der Waals surface area contributed by atoms with Gasteiger partial charge in [0, 0.05) is 23.4 Å². The van der Waals surface area contributed by atoms with Crippen molar-refractivity contribution >= 4 is 16.7 Å². The lowest BCUT2D eigenvalue weighted by atomic mass is 10.0. The van der Waals surface area contributed by atoms with E-state index < -0.39 is 11.8 Å². The van der Waals surface area contributed by atoms with Crippen LogP contribution >= 0.6 is 0 Å². The summed E-state index contributed by atoms with van der Waals surface area (Å²) in [5.74, 6) is -1.91. The number of nitrogens with one attached hydrogen (secondary N) is 1. The van der Waals surface area contributed by atoms with Gasteiger partial charge in [-0.1, -0.05) is 42.5 Å². The minimum atomic E-state index is -2.71. The molecular formula is C21H20F2N2O. The van der Waals surface area contributed by atoms with Gasteiger partial charge in [-0.05, 0) is 30.5 Å². The van der Waals surface area contributed by atoms with Gasteiger partial charge in [0.1, 0.15) is 0 Å². The first-order valence-corrected chi connectivity index (χ1v) is 8.73. The van der Waals surface area contributed by atoms with Crippen LogP contribution in [0.25, 0.3) is 10.9 Å². The van der Waals surface area contributed by atoms with Crippen LogP contribution in [-0.4, -0.2) is 12.1 Å². The zero-order valence-corrected chi connectivity index (χ0v) is 14.5. The van der Waals surface area contributed by atoms with Gasteiger partial charge in [0.15, 0.2) is 11.6 Å². The van der Waals surface area contributed by atoms with Crippen LogP contribution in [0.15, 0.2) is 54.6 Å². The number of rotatable bonds is 6. The lowest BCUT2D eigenvalue weighted by Crippen LogP contribution is -2.16. The topological polar surface area (TPSA) is 34.1 Å². The molecule has 0 radical (unpaired) electrons. The normalized spacial score (nSPS) is 14.4. The fourth-order valence-corrected chi connectivity index (χ4v) is 3.09. The molecule has 26 heavy (non-hydrogen) atoms. The molecule has 3 nitrogen and oxygen atoms in total. The second-order valence-corrected chi connectivity index (χ2v) is 6.68. The predicted octanol–water partition coefficient (Wildman–Crippen LogP) is 5.36. The van der Waals surface area contributed by atoms with Gasteiger partial charge in [-0.3, -0.25) is 0 Å². The highest BCUT2D eigenvalue weighted by molar-refractivity contribution is 5.83.